The van der Waals surface area contributed by atoms with Crippen molar-refractivity contribution < 1.29 is 23.1 Å². The van der Waals surface area contributed by atoms with Gasteiger partial charge in [-0.1, -0.05) is 13.3 Å². The molecule has 1 aliphatic rings. The Labute approximate surface area is 103 Å². The van der Waals surface area contributed by atoms with E-state index in [4.69, 9.17) is 5.84 Å². The van der Waals surface area contributed by atoms with Crippen LogP contribution in [0.1, 0.15) is 26.2 Å². The fourth-order valence-electron chi connectivity index (χ4n) is 2.17. The smallest absolute Gasteiger partial charge is 0.379 e. The van der Waals surface area contributed by atoms with E-state index < -0.39 is 36.7 Å². The third-order valence-electron chi connectivity index (χ3n) is 3.25. The summed E-state index contributed by atoms with van der Waals surface area (Å²) in [5.74, 6) is 4.49. The second-order valence-corrected chi connectivity index (χ2v) is 4.56. The van der Waals surface area contributed by atoms with Crippen LogP contribution in [0.2, 0.25) is 0 Å². The minimum Gasteiger partial charge on any atom is -0.379 e. The number of β-amino-alcohol motifs (C(OH)–C–C–N with tert-alkyl or cyclic N) is 1. The van der Waals surface area contributed by atoms with Crippen molar-refractivity contribution in [2.75, 3.05) is 13.1 Å². The van der Waals surface area contributed by atoms with Gasteiger partial charge in [-0.25, -0.2) is 5.84 Å². The maximum atomic E-state index is 12.6. The summed E-state index contributed by atoms with van der Waals surface area (Å²) in [7, 11) is 0. The van der Waals surface area contributed by atoms with E-state index in [0.29, 0.717) is 12.8 Å². The maximum Gasteiger partial charge on any atom is 0.418 e. The number of alkyl halides is 3. The van der Waals surface area contributed by atoms with Gasteiger partial charge in [0.2, 0.25) is 0 Å². The Kier molecular flexibility index (Phi) is 4.57. The topological polar surface area (TPSA) is 78.6 Å². The highest BCUT2D eigenvalue weighted by molar-refractivity contribution is 5.81. The summed E-state index contributed by atoms with van der Waals surface area (Å²) in [6.45, 7) is 1.26. The first-order chi connectivity index (χ1) is 8.25. The number of nitrogens with zero attached hydrogens (tertiary/aromatic N) is 1. The Morgan fingerprint density at radius 2 is 2.22 bits per heavy atom. The molecule has 0 bridgehead atoms. The molecule has 0 aromatic heterocycles. The third kappa shape index (κ3) is 2.93. The number of nitrogens with two attached hydrogens (primary N) is 1. The molecule has 0 spiro atoms. The zero-order valence-electron chi connectivity index (χ0n) is 10.1. The van der Waals surface area contributed by atoms with Gasteiger partial charge in [0.15, 0.2) is 5.60 Å². The molecule has 106 valence electrons. The molecule has 1 rings (SSSR count). The minimum atomic E-state index is -4.68. The monoisotopic (exact) mass is 269 g/mol. The van der Waals surface area contributed by atoms with Crippen molar-refractivity contribution in [3.63, 3.8) is 0 Å². The average molecular weight is 269 g/mol. The van der Waals surface area contributed by atoms with Gasteiger partial charge in [-0.2, -0.15) is 13.2 Å². The summed E-state index contributed by atoms with van der Waals surface area (Å²) >= 11 is 0. The lowest BCUT2D eigenvalue weighted by Gasteiger charge is -2.29. The Bertz CT molecular complexity index is 311. The van der Waals surface area contributed by atoms with Gasteiger partial charge in [-0.05, 0) is 12.8 Å². The molecule has 5 nitrogen and oxygen atoms in total. The average Bonchev–Trinajstić information content (AvgIpc) is 2.68. The number of likely N-dealkylation sites (tertiary alicyclic amines) is 1. The number of aliphatic hydroxyl groups is 1. The molecular weight excluding hydrogens is 251 g/mol. The van der Waals surface area contributed by atoms with Crippen LogP contribution in [0.3, 0.4) is 0 Å². The molecule has 1 amide bonds. The fourth-order valence-corrected chi connectivity index (χ4v) is 2.17. The predicted octanol–water partition coefficient (Wildman–Crippen LogP) is 0.144. The van der Waals surface area contributed by atoms with E-state index in [2.05, 4.69) is 0 Å². The minimum absolute atomic E-state index is 0.0219. The van der Waals surface area contributed by atoms with Gasteiger partial charge in [-0.3, -0.25) is 15.1 Å². The molecular formula is C10H18F3N3O2. The second kappa shape index (κ2) is 5.41. The van der Waals surface area contributed by atoms with E-state index in [1.165, 1.54) is 4.90 Å². The first kappa shape index (κ1) is 15.2. The number of rotatable bonds is 4. The zero-order valence-corrected chi connectivity index (χ0v) is 10.1. The molecule has 4 N–H and O–H groups in total. The number of halogens is 3. The lowest BCUT2D eigenvalue weighted by molar-refractivity contribution is -0.254. The zero-order chi connectivity index (χ0) is 14.0. The van der Waals surface area contributed by atoms with E-state index in [1.807, 2.05) is 12.3 Å². The van der Waals surface area contributed by atoms with Crippen molar-refractivity contribution in [1.29, 1.82) is 0 Å². The first-order valence-electron chi connectivity index (χ1n) is 5.79. The number of carbonyl (C=O) groups is 1. The van der Waals surface area contributed by atoms with Gasteiger partial charge in [0, 0.05) is 13.1 Å². The Balaban J connectivity index is 2.77. The van der Waals surface area contributed by atoms with Crippen molar-refractivity contribution in [3.05, 3.63) is 0 Å². The third-order valence-corrected chi connectivity index (χ3v) is 3.25. The molecule has 0 aliphatic carbocycles. The Hall–Kier alpha value is -0.860. The molecule has 0 saturated carbocycles. The van der Waals surface area contributed by atoms with Crippen molar-refractivity contribution in [3.8, 4) is 0 Å². The van der Waals surface area contributed by atoms with E-state index in [-0.39, 0.29) is 6.54 Å². The molecule has 2 atom stereocenters. The van der Waals surface area contributed by atoms with E-state index in [9.17, 15) is 23.1 Å². The molecule has 0 aromatic carbocycles. The summed E-state index contributed by atoms with van der Waals surface area (Å²) in [5, 5.41) is 9.54. The number of hydrazine groups is 1. The standard InChI is InChI=1S/C10H18F3N3O2/c1-2-3-7(8(17)15-14)16-5-4-9(18,6-16)10(11,12)13/h7,18H,2-6,14H2,1H3,(H,15,17). The second-order valence-electron chi connectivity index (χ2n) is 4.56. The number of amides is 1. The molecule has 8 heteroatoms. The molecule has 0 aromatic rings. The van der Waals surface area contributed by atoms with Crippen molar-refractivity contribution >= 4 is 5.91 Å². The van der Waals surface area contributed by atoms with Crippen LogP contribution in [-0.2, 0) is 4.79 Å². The highest BCUT2D eigenvalue weighted by Crippen LogP contribution is 2.38. The molecule has 2 unspecified atom stereocenters. The summed E-state index contributed by atoms with van der Waals surface area (Å²) in [5.41, 5.74) is -0.779. The molecule has 18 heavy (non-hydrogen) atoms. The van der Waals surface area contributed by atoms with Crippen molar-refractivity contribution in [2.45, 2.75) is 44.0 Å². The number of hydrogen-bond donors (Lipinski definition) is 3. The number of hydrogen-bond acceptors (Lipinski definition) is 4. The lowest BCUT2D eigenvalue weighted by atomic mass is 10.0. The first-order valence-corrected chi connectivity index (χ1v) is 5.79. The largest absolute Gasteiger partial charge is 0.418 e. The predicted molar refractivity (Wildman–Crippen MR) is 58.2 cm³/mol. The molecule has 1 fully saturated rings. The van der Waals surface area contributed by atoms with E-state index in [1.54, 1.807) is 0 Å². The molecule has 1 heterocycles. The van der Waals surface area contributed by atoms with Crippen LogP contribution in [0.15, 0.2) is 0 Å². The number of carbonyl (C=O) groups excluding carboxylic acids is 1. The highest BCUT2D eigenvalue weighted by atomic mass is 19.4. The Morgan fingerprint density at radius 3 is 2.61 bits per heavy atom. The number of nitrogens with one attached hydrogen (secondary N) is 1. The molecule has 1 saturated heterocycles. The molecule has 0 radical (unpaired) electrons. The highest BCUT2D eigenvalue weighted by Gasteiger charge is 2.58. The van der Waals surface area contributed by atoms with Crippen LogP contribution < -0.4 is 11.3 Å². The van der Waals surface area contributed by atoms with Gasteiger partial charge in [-0.15, -0.1) is 0 Å². The normalized spacial score (nSPS) is 27.2. The quantitative estimate of drug-likeness (QED) is 0.385. The van der Waals surface area contributed by atoms with Crippen LogP contribution in [0.4, 0.5) is 13.2 Å². The van der Waals surface area contributed by atoms with E-state index >= 15 is 0 Å². The fraction of sp³-hybridized carbons (Fsp3) is 0.900. The van der Waals surface area contributed by atoms with E-state index in [0.717, 1.165) is 0 Å². The SMILES string of the molecule is CCCC(C(=O)NN)N1CCC(O)(C(F)(F)F)C1. The summed E-state index contributed by atoms with van der Waals surface area (Å²) < 4.78 is 37.9. The van der Waals surface area contributed by atoms with Crippen LogP contribution in [0.25, 0.3) is 0 Å². The van der Waals surface area contributed by atoms with Crippen LogP contribution in [0.5, 0.6) is 0 Å². The van der Waals surface area contributed by atoms with Gasteiger partial charge in [0.1, 0.15) is 0 Å². The van der Waals surface area contributed by atoms with Crippen LogP contribution in [-0.4, -0.2) is 46.8 Å². The summed E-state index contributed by atoms with van der Waals surface area (Å²) in [6.07, 6.45) is -4.07. The summed E-state index contributed by atoms with van der Waals surface area (Å²) in [4.78, 5) is 12.8. The van der Waals surface area contributed by atoms with Gasteiger partial charge in [0.05, 0.1) is 6.04 Å². The van der Waals surface area contributed by atoms with Gasteiger partial charge >= 0.3 is 6.18 Å². The van der Waals surface area contributed by atoms with Crippen molar-refractivity contribution in [1.82, 2.24) is 10.3 Å². The van der Waals surface area contributed by atoms with Crippen LogP contribution >= 0.6 is 0 Å². The lowest BCUT2D eigenvalue weighted by Crippen LogP contribution is -2.52. The molecule has 1 aliphatic heterocycles. The van der Waals surface area contributed by atoms with Gasteiger partial charge in [0.25, 0.3) is 5.91 Å². The summed E-state index contributed by atoms with van der Waals surface area (Å²) in [6, 6.07) is -0.726. The Morgan fingerprint density at radius 1 is 1.61 bits per heavy atom. The van der Waals surface area contributed by atoms with Crippen molar-refractivity contribution in [2.24, 2.45) is 5.84 Å². The van der Waals surface area contributed by atoms with Gasteiger partial charge < -0.3 is 5.11 Å². The maximum absolute atomic E-state index is 12.6. The van der Waals surface area contributed by atoms with Crippen LogP contribution in [0, 0.1) is 0 Å².